The normalized spacial score (nSPS) is 11.4. The Hall–Kier alpha value is -0.480. The van der Waals surface area contributed by atoms with Crippen LogP contribution in [0.5, 0.6) is 11.5 Å². The fourth-order valence-electron chi connectivity index (χ4n) is 2.15. The van der Waals surface area contributed by atoms with Gasteiger partial charge in [-0.2, -0.15) is 0 Å². The fourth-order valence-corrected chi connectivity index (χ4v) is 6.61. The fraction of sp³-hybridized carbons (Fsp3) is 0.571. The smallest absolute Gasteiger partial charge is 0.294 e. The monoisotopic (exact) mass is 288 g/mol. The van der Waals surface area contributed by atoms with Crippen LogP contribution >= 0.6 is 0 Å². The number of aryl methyl sites for hydroxylation is 1. The maximum absolute atomic E-state index is 5.56. The van der Waals surface area contributed by atoms with E-state index in [1.807, 2.05) is 0 Å². The average molecular weight is 288 g/mol. The van der Waals surface area contributed by atoms with Gasteiger partial charge in [-0.25, -0.2) is 0 Å². The number of methoxy groups -OCH3 is 2. The third-order valence-corrected chi connectivity index (χ3v) is 7.39. The van der Waals surface area contributed by atoms with Crippen LogP contribution in [0.3, 0.4) is 0 Å². The highest BCUT2D eigenvalue weighted by Gasteiger charge is 2.38. The van der Waals surface area contributed by atoms with Gasteiger partial charge in [-0.15, -0.1) is 0 Å². The highest BCUT2D eigenvalue weighted by molar-refractivity contribution is 8.12. The summed E-state index contributed by atoms with van der Waals surface area (Å²) in [5, 5.41) is 0. The van der Waals surface area contributed by atoms with Gasteiger partial charge in [0.1, 0.15) is 42.1 Å². The van der Waals surface area contributed by atoms with Crippen molar-refractivity contribution in [3.05, 3.63) is 23.3 Å². The molecule has 0 saturated heterocycles. The second-order valence-electron chi connectivity index (χ2n) is 4.66. The van der Waals surface area contributed by atoms with Crippen LogP contribution in [0.25, 0.3) is 0 Å². The Balaban J connectivity index is 3.35. The summed E-state index contributed by atoms with van der Waals surface area (Å²) >= 11 is 0. The second-order valence-corrected chi connectivity index (χ2v) is 9.41. The molecular weight excluding hydrogens is 264 g/mol. The van der Waals surface area contributed by atoms with Crippen molar-refractivity contribution in [2.75, 3.05) is 39.2 Å². The molecular formula is C14H24O2S2+2. The molecule has 0 saturated carbocycles. The van der Waals surface area contributed by atoms with Gasteiger partial charge in [0, 0.05) is 21.8 Å². The van der Waals surface area contributed by atoms with Crippen LogP contribution in [0.1, 0.15) is 15.7 Å². The van der Waals surface area contributed by atoms with Gasteiger partial charge in [0.25, 0.3) is 4.58 Å². The molecule has 4 heteroatoms. The number of benzene rings is 1. The van der Waals surface area contributed by atoms with E-state index < -0.39 is 0 Å². The molecule has 0 N–H and O–H groups in total. The van der Waals surface area contributed by atoms with Crippen LogP contribution in [0.2, 0.25) is 0 Å². The SMILES string of the molecule is COc1cc(C([S+](C)C)[S+](C)C)c(OC)cc1C. The van der Waals surface area contributed by atoms with Gasteiger partial charge in [0.2, 0.25) is 0 Å². The van der Waals surface area contributed by atoms with Crippen molar-refractivity contribution in [1.82, 2.24) is 0 Å². The quantitative estimate of drug-likeness (QED) is 0.776. The highest BCUT2D eigenvalue weighted by Crippen LogP contribution is 2.38. The second kappa shape index (κ2) is 6.62. The third kappa shape index (κ3) is 3.29. The first-order valence-corrected chi connectivity index (χ1v) is 9.98. The van der Waals surface area contributed by atoms with Crippen LogP contribution < -0.4 is 9.47 Å². The molecule has 0 aliphatic carbocycles. The largest absolute Gasteiger partial charge is 0.496 e. The molecule has 0 fully saturated rings. The molecule has 0 spiro atoms. The molecule has 0 amide bonds. The Bertz CT molecular complexity index is 395. The molecule has 1 aromatic carbocycles. The van der Waals surface area contributed by atoms with Crippen molar-refractivity contribution in [3.63, 3.8) is 0 Å². The molecule has 0 aliphatic heterocycles. The predicted molar refractivity (Wildman–Crippen MR) is 85.5 cm³/mol. The summed E-state index contributed by atoms with van der Waals surface area (Å²) in [6.07, 6.45) is 9.18. The predicted octanol–water partition coefficient (Wildman–Crippen LogP) is 2.77. The summed E-state index contributed by atoms with van der Waals surface area (Å²) in [4.78, 5) is 0. The minimum absolute atomic E-state index is 0.314. The summed E-state index contributed by atoms with van der Waals surface area (Å²) in [7, 11) is 4.10. The molecule has 1 aromatic rings. The standard InChI is InChI=1S/C14H24O2S2/c1-10-8-13(16-3)11(9-12(10)15-2)14(17(4)5)18(6)7/h8-9,14H,1-7H3/q+2. The first kappa shape index (κ1) is 15.6. The molecule has 0 atom stereocenters. The first-order valence-electron chi connectivity index (χ1n) is 5.77. The summed E-state index contributed by atoms with van der Waals surface area (Å²) in [6.45, 7) is 2.05. The van der Waals surface area contributed by atoms with E-state index in [1.54, 1.807) is 14.2 Å². The lowest BCUT2D eigenvalue weighted by atomic mass is 10.1. The zero-order chi connectivity index (χ0) is 13.9. The lowest BCUT2D eigenvalue weighted by Crippen LogP contribution is -2.20. The number of hydrogen-bond donors (Lipinski definition) is 0. The van der Waals surface area contributed by atoms with Gasteiger partial charge in [0.05, 0.1) is 14.2 Å². The van der Waals surface area contributed by atoms with E-state index in [-0.39, 0.29) is 0 Å². The average Bonchev–Trinajstić information content (AvgIpc) is 2.29. The lowest BCUT2D eigenvalue weighted by molar-refractivity contribution is 0.397. The molecule has 18 heavy (non-hydrogen) atoms. The molecule has 0 heterocycles. The van der Waals surface area contributed by atoms with E-state index in [1.165, 1.54) is 5.56 Å². The zero-order valence-corrected chi connectivity index (χ0v) is 14.0. The first-order chi connectivity index (χ1) is 8.42. The van der Waals surface area contributed by atoms with E-state index in [9.17, 15) is 0 Å². The zero-order valence-electron chi connectivity index (χ0n) is 12.4. The van der Waals surface area contributed by atoms with E-state index in [0.29, 0.717) is 26.4 Å². The van der Waals surface area contributed by atoms with Crippen molar-refractivity contribution < 1.29 is 9.47 Å². The van der Waals surface area contributed by atoms with Crippen LogP contribution in [0.15, 0.2) is 12.1 Å². The topological polar surface area (TPSA) is 18.5 Å². The molecule has 0 radical (unpaired) electrons. The third-order valence-electron chi connectivity index (χ3n) is 2.86. The van der Waals surface area contributed by atoms with Crippen molar-refractivity contribution >= 4 is 21.8 Å². The summed E-state index contributed by atoms with van der Waals surface area (Å²) < 4.78 is 11.5. The van der Waals surface area contributed by atoms with E-state index in [0.717, 1.165) is 17.1 Å². The molecule has 2 nitrogen and oxygen atoms in total. The molecule has 0 aliphatic rings. The van der Waals surface area contributed by atoms with Gasteiger partial charge < -0.3 is 9.47 Å². The summed E-state index contributed by atoms with van der Waals surface area (Å²) in [6, 6.07) is 4.24. The van der Waals surface area contributed by atoms with Crippen molar-refractivity contribution in [1.29, 1.82) is 0 Å². The van der Waals surface area contributed by atoms with Crippen LogP contribution in [-0.2, 0) is 21.8 Å². The van der Waals surface area contributed by atoms with Gasteiger partial charge in [0.15, 0.2) is 0 Å². The van der Waals surface area contributed by atoms with Crippen molar-refractivity contribution in [2.45, 2.75) is 11.5 Å². The van der Waals surface area contributed by atoms with Crippen LogP contribution in [0.4, 0.5) is 0 Å². The van der Waals surface area contributed by atoms with Crippen molar-refractivity contribution in [3.8, 4) is 11.5 Å². The maximum Gasteiger partial charge on any atom is 0.294 e. The maximum atomic E-state index is 5.56. The summed E-state index contributed by atoms with van der Waals surface area (Å²) in [5.41, 5.74) is 2.40. The number of hydrogen-bond acceptors (Lipinski definition) is 2. The minimum Gasteiger partial charge on any atom is -0.496 e. The Morgan fingerprint density at radius 3 is 1.78 bits per heavy atom. The van der Waals surface area contributed by atoms with Crippen LogP contribution in [-0.4, -0.2) is 39.2 Å². The highest BCUT2D eigenvalue weighted by atomic mass is 32.3. The van der Waals surface area contributed by atoms with Crippen molar-refractivity contribution in [2.24, 2.45) is 0 Å². The Morgan fingerprint density at radius 2 is 1.39 bits per heavy atom. The number of ether oxygens (including phenoxy) is 2. The lowest BCUT2D eigenvalue weighted by Gasteiger charge is -2.16. The van der Waals surface area contributed by atoms with Gasteiger partial charge >= 0.3 is 0 Å². The molecule has 0 aromatic heterocycles. The molecule has 0 unspecified atom stereocenters. The van der Waals surface area contributed by atoms with Gasteiger partial charge in [-0.3, -0.25) is 0 Å². The Labute approximate surface area is 117 Å². The van der Waals surface area contributed by atoms with E-state index in [2.05, 4.69) is 44.1 Å². The summed E-state index contributed by atoms with van der Waals surface area (Å²) in [5.74, 6) is 1.94. The van der Waals surface area contributed by atoms with Gasteiger partial charge in [-0.05, 0) is 24.6 Å². The number of rotatable bonds is 5. The van der Waals surface area contributed by atoms with Gasteiger partial charge in [-0.1, -0.05) is 0 Å². The molecule has 1 rings (SSSR count). The Morgan fingerprint density at radius 1 is 0.889 bits per heavy atom. The Kier molecular flexibility index (Phi) is 5.73. The molecule has 102 valence electrons. The van der Waals surface area contributed by atoms with E-state index in [4.69, 9.17) is 9.47 Å². The molecule has 0 bridgehead atoms. The van der Waals surface area contributed by atoms with E-state index >= 15 is 0 Å². The minimum atomic E-state index is 0.314. The van der Waals surface area contributed by atoms with Crippen LogP contribution in [0, 0.1) is 6.92 Å².